The summed E-state index contributed by atoms with van der Waals surface area (Å²) in [5.74, 6) is 0.000219. The fourth-order valence-electron chi connectivity index (χ4n) is 3.01. The van der Waals surface area contributed by atoms with Crippen molar-refractivity contribution in [1.82, 2.24) is 30.3 Å². The number of H-pyrrole nitrogens is 1. The number of morpholine rings is 1. The smallest absolute Gasteiger partial charge is 0.254 e. The number of hydrogen-bond acceptors (Lipinski definition) is 6. The molecule has 8 nitrogen and oxygen atoms in total. The second-order valence-corrected chi connectivity index (χ2v) is 6.01. The molecule has 0 spiro atoms. The summed E-state index contributed by atoms with van der Waals surface area (Å²) >= 11 is 0. The molecule has 1 atom stereocenters. The Bertz CT molecular complexity index is 866. The van der Waals surface area contributed by atoms with Crippen molar-refractivity contribution >= 4 is 16.9 Å². The molecule has 0 aliphatic carbocycles. The fraction of sp³-hybridized carbons (Fsp3) is 0.353. The molecule has 1 fully saturated rings. The summed E-state index contributed by atoms with van der Waals surface area (Å²) in [6.45, 7) is 1.73. The van der Waals surface area contributed by atoms with Crippen molar-refractivity contribution in [1.29, 1.82) is 0 Å². The highest BCUT2D eigenvalue weighted by Crippen LogP contribution is 2.17. The second kappa shape index (κ2) is 6.94. The van der Waals surface area contributed by atoms with Gasteiger partial charge in [0.15, 0.2) is 0 Å². The number of nitrogens with zero attached hydrogens (tertiary/aromatic N) is 5. The van der Waals surface area contributed by atoms with E-state index in [0.29, 0.717) is 30.8 Å². The van der Waals surface area contributed by atoms with Crippen LogP contribution in [0, 0.1) is 0 Å². The lowest BCUT2D eigenvalue weighted by molar-refractivity contribution is -0.0246. The maximum atomic E-state index is 12.8. The van der Waals surface area contributed by atoms with E-state index in [1.807, 2.05) is 11.0 Å². The molecule has 0 saturated carbocycles. The van der Waals surface area contributed by atoms with Gasteiger partial charge in [-0.15, -0.1) is 0 Å². The number of hydrogen-bond donors (Lipinski definition) is 1. The van der Waals surface area contributed by atoms with Gasteiger partial charge in [-0.2, -0.15) is 15.4 Å². The molecule has 1 aromatic carbocycles. The SMILES string of the molecule is O=C(c1ccc2n[nH]nc2c1)N1CCOC(CCc2ccncn2)C1. The first-order valence-electron chi connectivity index (χ1n) is 8.26. The molecule has 1 N–H and O–H groups in total. The average Bonchev–Trinajstić information content (AvgIpc) is 3.14. The third kappa shape index (κ3) is 3.48. The molecule has 0 radical (unpaired) electrons. The molecule has 1 saturated heterocycles. The summed E-state index contributed by atoms with van der Waals surface area (Å²) in [5.41, 5.74) is 3.05. The predicted octanol–water partition coefficient (Wildman–Crippen LogP) is 1.22. The van der Waals surface area contributed by atoms with Crippen LogP contribution in [0.25, 0.3) is 11.0 Å². The molecule has 1 aliphatic rings. The van der Waals surface area contributed by atoms with Gasteiger partial charge in [0.1, 0.15) is 17.4 Å². The van der Waals surface area contributed by atoms with Gasteiger partial charge >= 0.3 is 0 Å². The first kappa shape index (κ1) is 15.6. The Kier molecular flexibility index (Phi) is 4.34. The second-order valence-electron chi connectivity index (χ2n) is 6.01. The van der Waals surface area contributed by atoms with E-state index in [4.69, 9.17) is 4.74 Å². The van der Waals surface area contributed by atoms with Crippen molar-refractivity contribution in [2.45, 2.75) is 18.9 Å². The zero-order chi connectivity index (χ0) is 17.1. The number of benzene rings is 1. The minimum Gasteiger partial charge on any atom is -0.375 e. The highest BCUT2D eigenvalue weighted by molar-refractivity contribution is 5.97. The average molecular weight is 338 g/mol. The largest absolute Gasteiger partial charge is 0.375 e. The Labute approximate surface area is 144 Å². The lowest BCUT2D eigenvalue weighted by Crippen LogP contribution is -2.45. The number of carbonyl (C=O) groups excluding carboxylic acids is 1. The number of carbonyl (C=O) groups is 1. The summed E-state index contributed by atoms with van der Waals surface area (Å²) in [6.07, 6.45) is 4.93. The number of ether oxygens (including phenoxy) is 1. The minimum atomic E-state index is 0.000219. The summed E-state index contributed by atoms with van der Waals surface area (Å²) < 4.78 is 5.81. The lowest BCUT2D eigenvalue weighted by Gasteiger charge is -2.33. The van der Waals surface area contributed by atoms with Crippen LogP contribution in [0.4, 0.5) is 0 Å². The van der Waals surface area contributed by atoms with Gasteiger partial charge in [0, 0.05) is 30.5 Å². The van der Waals surface area contributed by atoms with Gasteiger partial charge in [0.25, 0.3) is 5.91 Å². The quantitative estimate of drug-likeness (QED) is 0.768. The molecule has 3 heterocycles. The Morgan fingerprint density at radius 2 is 2.20 bits per heavy atom. The normalized spacial score (nSPS) is 17.8. The zero-order valence-electron chi connectivity index (χ0n) is 13.6. The van der Waals surface area contributed by atoms with E-state index in [1.165, 1.54) is 0 Å². The maximum absolute atomic E-state index is 12.8. The van der Waals surface area contributed by atoms with E-state index in [-0.39, 0.29) is 12.0 Å². The van der Waals surface area contributed by atoms with Crippen molar-refractivity contribution in [3.8, 4) is 0 Å². The molecule has 2 aromatic heterocycles. The van der Waals surface area contributed by atoms with E-state index >= 15 is 0 Å². The monoisotopic (exact) mass is 338 g/mol. The summed E-state index contributed by atoms with van der Waals surface area (Å²) in [6, 6.07) is 7.27. The number of amides is 1. The zero-order valence-corrected chi connectivity index (χ0v) is 13.6. The third-order valence-corrected chi connectivity index (χ3v) is 4.35. The van der Waals surface area contributed by atoms with Crippen LogP contribution < -0.4 is 0 Å². The third-order valence-electron chi connectivity index (χ3n) is 4.35. The van der Waals surface area contributed by atoms with E-state index in [9.17, 15) is 4.79 Å². The van der Waals surface area contributed by atoms with Gasteiger partial charge in [-0.25, -0.2) is 9.97 Å². The number of aromatic amines is 1. The van der Waals surface area contributed by atoms with Crippen molar-refractivity contribution < 1.29 is 9.53 Å². The molecule has 3 aromatic rings. The van der Waals surface area contributed by atoms with Gasteiger partial charge in [-0.1, -0.05) is 0 Å². The lowest BCUT2D eigenvalue weighted by atomic mass is 10.1. The van der Waals surface area contributed by atoms with Crippen LogP contribution in [0.1, 0.15) is 22.5 Å². The Hall–Kier alpha value is -2.87. The Morgan fingerprint density at radius 3 is 3.08 bits per heavy atom. The molecule has 0 bridgehead atoms. The van der Waals surface area contributed by atoms with E-state index < -0.39 is 0 Å². The highest BCUT2D eigenvalue weighted by Gasteiger charge is 2.25. The topological polar surface area (TPSA) is 96.9 Å². The van der Waals surface area contributed by atoms with Crippen LogP contribution in [-0.4, -0.2) is 62.0 Å². The van der Waals surface area contributed by atoms with Gasteiger partial charge in [0.2, 0.25) is 0 Å². The van der Waals surface area contributed by atoms with Crippen LogP contribution in [0.5, 0.6) is 0 Å². The van der Waals surface area contributed by atoms with Gasteiger partial charge in [-0.3, -0.25) is 4.79 Å². The molecule has 25 heavy (non-hydrogen) atoms. The molecule has 8 heteroatoms. The fourth-order valence-corrected chi connectivity index (χ4v) is 3.01. The molecule has 1 aliphatic heterocycles. The molecule has 1 amide bonds. The molecule has 128 valence electrons. The van der Waals surface area contributed by atoms with Gasteiger partial charge < -0.3 is 9.64 Å². The van der Waals surface area contributed by atoms with Gasteiger partial charge in [-0.05, 0) is 37.1 Å². The maximum Gasteiger partial charge on any atom is 0.254 e. The molecule has 4 rings (SSSR count). The van der Waals surface area contributed by atoms with Crippen LogP contribution >= 0.6 is 0 Å². The van der Waals surface area contributed by atoms with E-state index in [0.717, 1.165) is 24.1 Å². The highest BCUT2D eigenvalue weighted by atomic mass is 16.5. The van der Waals surface area contributed by atoms with Crippen LogP contribution in [0.2, 0.25) is 0 Å². The van der Waals surface area contributed by atoms with Crippen LogP contribution in [0.15, 0.2) is 36.8 Å². The van der Waals surface area contributed by atoms with Crippen molar-refractivity contribution in [3.63, 3.8) is 0 Å². The first-order valence-corrected chi connectivity index (χ1v) is 8.26. The molecular formula is C17H18N6O2. The van der Waals surface area contributed by atoms with Crippen LogP contribution in [-0.2, 0) is 11.2 Å². The molecule has 1 unspecified atom stereocenters. The van der Waals surface area contributed by atoms with Crippen molar-refractivity contribution in [2.75, 3.05) is 19.7 Å². The summed E-state index contributed by atoms with van der Waals surface area (Å²) in [5, 5.41) is 10.6. The number of aromatic nitrogens is 5. The standard InChI is InChI=1S/C17H18N6O2/c24-17(12-1-4-15-16(9-12)21-22-20-15)23-7-8-25-14(10-23)3-2-13-5-6-18-11-19-13/h1,4-6,9,11,14H,2-3,7-8,10H2,(H,20,21,22). The minimum absolute atomic E-state index is 0.000219. The number of rotatable bonds is 4. The van der Waals surface area contributed by atoms with Gasteiger partial charge in [0.05, 0.1) is 12.7 Å². The van der Waals surface area contributed by atoms with Crippen molar-refractivity contribution in [3.05, 3.63) is 48.0 Å². The van der Waals surface area contributed by atoms with Crippen LogP contribution in [0.3, 0.4) is 0 Å². The predicted molar refractivity (Wildman–Crippen MR) is 89.9 cm³/mol. The Morgan fingerprint density at radius 1 is 1.28 bits per heavy atom. The Balaban J connectivity index is 1.40. The summed E-state index contributed by atoms with van der Waals surface area (Å²) in [4.78, 5) is 22.8. The number of fused-ring (bicyclic) bond motifs is 1. The number of nitrogens with one attached hydrogen (secondary N) is 1. The molecular weight excluding hydrogens is 320 g/mol. The number of aryl methyl sites for hydroxylation is 1. The van der Waals surface area contributed by atoms with Crippen molar-refractivity contribution in [2.24, 2.45) is 0 Å². The van der Waals surface area contributed by atoms with E-state index in [2.05, 4.69) is 25.4 Å². The first-order chi connectivity index (χ1) is 12.3. The summed E-state index contributed by atoms with van der Waals surface area (Å²) in [7, 11) is 0. The van der Waals surface area contributed by atoms with E-state index in [1.54, 1.807) is 30.7 Å².